The van der Waals surface area contributed by atoms with E-state index in [0.29, 0.717) is 11.7 Å². The van der Waals surface area contributed by atoms with Crippen LogP contribution in [0.15, 0.2) is 18.2 Å². The lowest BCUT2D eigenvalue weighted by atomic mass is 10.0. The second-order valence-corrected chi connectivity index (χ2v) is 4.24. The van der Waals surface area contributed by atoms with Gasteiger partial charge in [0.15, 0.2) is 0 Å². The summed E-state index contributed by atoms with van der Waals surface area (Å²) >= 11 is 0. The molecule has 1 heterocycles. The molecule has 0 bridgehead atoms. The fourth-order valence-corrected chi connectivity index (χ4v) is 2.12. The Labute approximate surface area is 90.3 Å². The first kappa shape index (κ1) is 10.6. The van der Waals surface area contributed by atoms with Gasteiger partial charge in [0.25, 0.3) is 0 Å². The lowest BCUT2D eigenvalue weighted by molar-refractivity contribution is 0.0427. The van der Waals surface area contributed by atoms with Gasteiger partial charge >= 0.3 is 0 Å². The van der Waals surface area contributed by atoms with Crippen LogP contribution in [0.3, 0.4) is 0 Å². The van der Waals surface area contributed by atoms with Gasteiger partial charge in [0, 0.05) is 0 Å². The highest BCUT2D eigenvalue weighted by Crippen LogP contribution is 2.34. The van der Waals surface area contributed by atoms with Gasteiger partial charge in [-0.15, -0.1) is 0 Å². The van der Waals surface area contributed by atoms with Crippen LogP contribution in [0.2, 0.25) is 0 Å². The molecule has 2 unspecified atom stereocenters. The van der Waals surface area contributed by atoms with Crippen molar-refractivity contribution >= 4 is 0 Å². The van der Waals surface area contributed by atoms with Crippen LogP contribution >= 0.6 is 0 Å². The second kappa shape index (κ2) is 4.31. The van der Waals surface area contributed by atoms with Crippen LogP contribution in [0.4, 0.5) is 4.39 Å². The van der Waals surface area contributed by atoms with Crippen molar-refractivity contribution in [2.75, 3.05) is 0 Å². The average Bonchev–Trinajstić information content (AvgIpc) is 2.70. The Kier molecular flexibility index (Phi) is 3.06. The van der Waals surface area contributed by atoms with E-state index in [1.54, 1.807) is 6.92 Å². The van der Waals surface area contributed by atoms with E-state index in [1.165, 1.54) is 6.07 Å². The molecule has 82 valence electrons. The zero-order chi connectivity index (χ0) is 10.8. The molecule has 2 atom stereocenters. The molecule has 2 rings (SSSR count). The monoisotopic (exact) mass is 208 g/mol. The molecule has 2 heteroatoms. The minimum Gasteiger partial charge on any atom is -0.370 e. The number of ether oxygens (including phenoxy) is 1. The van der Waals surface area contributed by atoms with Crippen LogP contribution in [-0.4, -0.2) is 6.10 Å². The van der Waals surface area contributed by atoms with Crippen molar-refractivity contribution in [2.24, 2.45) is 0 Å². The van der Waals surface area contributed by atoms with Crippen molar-refractivity contribution < 1.29 is 9.13 Å². The summed E-state index contributed by atoms with van der Waals surface area (Å²) in [6.45, 7) is 3.94. The predicted molar refractivity (Wildman–Crippen MR) is 58.3 cm³/mol. The molecule has 0 aliphatic carbocycles. The van der Waals surface area contributed by atoms with E-state index in [-0.39, 0.29) is 11.9 Å². The zero-order valence-corrected chi connectivity index (χ0v) is 9.29. The van der Waals surface area contributed by atoms with Gasteiger partial charge in [0.1, 0.15) is 5.82 Å². The Balaban J connectivity index is 2.13. The smallest absolute Gasteiger partial charge is 0.126 e. The van der Waals surface area contributed by atoms with Crippen LogP contribution in [0, 0.1) is 12.7 Å². The molecule has 1 aliphatic heterocycles. The maximum Gasteiger partial charge on any atom is 0.126 e. The zero-order valence-electron chi connectivity index (χ0n) is 9.29. The minimum absolute atomic E-state index is 0.135. The molecule has 0 spiro atoms. The molecule has 1 saturated heterocycles. The molecular formula is C13H17FO. The third kappa shape index (κ3) is 2.20. The standard InChI is InChI=1S/C13H17FO/c1-3-11-5-7-13(15-11)10-4-6-12(14)9(2)8-10/h4,6,8,11,13H,3,5,7H2,1-2H3. The van der Waals surface area contributed by atoms with Crippen LogP contribution < -0.4 is 0 Å². The fourth-order valence-electron chi connectivity index (χ4n) is 2.12. The van der Waals surface area contributed by atoms with Crippen molar-refractivity contribution in [3.05, 3.63) is 35.1 Å². The van der Waals surface area contributed by atoms with Crippen molar-refractivity contribution in [1.82, 2.24) is 0 Å². The fraction of sp³-hybridized carbons (Fsp3) is 0.538. The molecule has 0 saturated carbocycles. The van der Waals surface area contributed by atoms with E-state index in [2.05, 4.69) is 6.92 Å². The number of hydrogen-bond acceptors (Lipinski definition) is 1. The Morgan fingerprint density at radius 1 is 1.40 bits per heavy atom. The summed E-state index contributed by atoms with van der Waals surface area (Å²) in [4.78, 5) is 0. The minimum atomic E-state index is -0.135. The van der Waals surface area contributed by atoms with Gasteiger partial charge in [-0.1, -0.05) is 19.1 Å². The van der Waals surface area contributed by atoms with Crippen LogP contribution in [0.5, 0.6) is 0 Å². The molecule has 1 aliphatic rings. The van der Waals surface area contributed by atoms with E-state index < -0.39 is 0 Å². The molecule has 0 N–H and O–H groups in total. The SMILES string of the molecule is CCC1CCC(c2ccc(F)c(C)c2)O1. The maximum absolute atomic E-state index is 13.1. The molecule has 1 fully saturated rings. The third-order valence-electron chi connectivity index (χ3n) is 3.12. The summed E-state index contributed by atoms with van der Waals surface area (Å²) in [6, 6.07) is 5.27. The molecule has 1 aromatic carbocycles. The highest BCUT2D eigenvalue weighted by atomic mass is 19.1. The molecule has 0 aromatic heterocycles. The predicted octanol–water partition coefficient (Wildman–Crippen LogP) is 3.76. The van der Waals surface area contributed by atoms with E-state index in [9.17, 15) is 4.39 Å². The van der Waals surface area contributed by atoms with Crippen molar-refractivity contribution in [2.45, 2.75) is 45.3 Å². The normalized spacial score (nSPS) is 25.8. The molecule has 0 amide bonds. The topological polar surface area (TPSA) is 9.23 Å². The van der Waals surface area contributed by atoms with Crippen LogP contribution in [-0.2, 0) is 4.74 Å². The number of halogens is 1. The summed E-state index contributed by atoms with van der Waals surface area (Å²) in [6.07, 6.45) is 3.81. The molecular weight excluding hydrogens is 191 g/mol. The van der Waals surface area contributed by atoms with Gasteiger partial charge < -0.3 is 4.74 Å². The van der Waals surface area contributed by atoms with Crippen LogP contribution in [0.25, 0.3) is 0 Å². The highest BCUT2D eigenvalue weighted by Gasteiger charge is 2.25. The summed E-state index contributed by atoms with van der Waals surface area (Å²) in [7, 11) is 0. The summed E-state index contributed by atoms with van der Waals surface area (Å²) in [5.41, 5.74) is 1.82. The Morgan fingerprint density at radius 2 is 2.20 bits per heavy atom. The van der Waals surface area contributed by atoms with Gasteiger partial charge in [-0.05, 0) is 43.4 Å². The molecule has 1 aromatic rings. The first-order valence-corrected chi connectivity index (χ1v) is 5.62. The Hall–Kier alpha value is -0.890. The van der Waals surface area contributed by atoms with Gasteiger partial charge in [0.05, 0.1) is 12.2 Å². The van der Waals surface area contributed by atoms with Gasteiger partial charge in [-0.2, -0.15) is 0 Å². The lowest BCUT2D eigenvalue weighted by Gasteiger charge is -2.13. The van der Waals surface area contributed by atoms with E-state index >= 15 is 0 Å². The molecule has 1 nitrogen and oxygen atoms in total. The largest absolute Gasteiger partial charge is 0.370 e. The van der Waals surface area contributed by atoms with E-state index in [1.807, 2.05) is 12.1 Å². The first-order chi connectivity index (χ1) is 7.20. The van der Waals surface area contributed by atoms with Crippen molar-refractivity contribution in [3.63, 3.8) is 0 Å². The number of benzene rings is 1. The van der Waals surface area contributed by atoms with E-state index in [4.69, 9.17) is 4.74 Å². The molecule has 0 radical (unpaired) electrons. The average molecular weight is 208 g/mol. The summed E-state index contributed by atoms with van der Waals surface area (Å²) < 4.78 is 19.0. The van der Waals surface area contributed by atoms with Crippen molar-refractivity contribution in [3.8, 4) is 0 Å². The quantitative estimate of drug-likeness (QED) is 0.719. The second-order valence-electron chi connectivity index (χ2n) is 4.24. The van der Waals surface area contributed by atoms with Crippen LogP contribution in [0.1, 0.15) is 43.4 Å². The van der Waals surface area contributed by atoms with E-state index in [0.717, 1.165) is 24.8 Å². The van der Waals surface area contributed by atoms with Gasteiger partial charge in [-0.3, -0.25) is 0 Å². The number of rotatable bonds is 2. The Bertz CT molecular complexity index is 348. The summed E-state index contributed by atoms with van der Waals surface area (Å²) in [5.74, 6) is -0.135. The Morgan fingerprint density at radius 3 is 2.80 bits per heavy atom. The van der Waals surface area contributed by atoms with Gasteiger partial charge in [0.2, 0.25) is 0 Å². The number of aryl methyl sites for hydroxylation is 1. The first-order valence-electron chi connectivity index (χ1n) is 5.62. The third-order valence-corrected chi connectivity index (χ3v) is 3.12. The number of hydrogen-bond donors (Lipinski definition) is 0. The van der Waals surface area contributed by atoms with Crippen molar-refractivity contribution in [1.29, 1.82) is 0 Å². The van der Waals surface area contributed by atoms with Gasteiger partial charge in [-0.25, -0.2) is 4.39 Å². The molecule has 15 heavy (non-hydrogen) atoms. The highest BCUT2D eigenvalue weighted by molar-refractivity contribution is 5.26. The maximum atomic E-state index is 13.1. The lowest BCUT2D eigenvalue weighted by Crippen LogP contribution is -2.04. The summed E-state index contributed by atoms with van der Waals surface area (Å²) in [5, 5.41) is 0.